The summed E-state index contributed by atoms with van der Waals surface area (Å²) in [5, 5.41) is 10.3. The maximum absolute atomic E-state index is 10.3. The lowest BCUT2D eigenvalue weighted by molar-refractivity contribution is -0.389. The van der Waals surface area contributed by atoms with E-state index in [4.69, 9.17) is 0 Å². The van der Waals surface area contributed by atoms with Crippen LogP contribution in [0.5, 0.6) is 0 Å². The van der Waals surface area contributed by atoms with Gasteiger partial charge in [0.2, 0.25) is 0 Å². The van der Waals surface area contributed by atoms with Gasteiger partial charge in [0.15, 0.2) is 0 Å². The summed E-state index contributed by atoms with van der Waals surface area (Å²) in [7, 11) is 0. The van der Waals surface area contributed by atoms with Gasteiger partial charge in [0.25, 0.3) is 0 Å². The van der Waals surface area contributed by atoms with Gasteiger partial charge in [-0.2, -0.15) is 0 Å². The van der Waals surface area contributed by atoms with E-state index in [1.807, 2.05) is 6.92 Å². The fourth-order valence-corrected chi connectivity index (χ4v) is 1.03. The molecule has 1 rings (SSSR count). The number of nitrogens with zero attached hydrogens (tertiary/aromatic N) is 1. The number of aryl methyl sites for hydroxylation is 1. The van der Waals surface area contributed by atoms with E-state index >= 15 is 0 Å². The first kappa shape index (κ1) is 7.78. The van der Waals surface area contributed by atoms with E-state index in [9.17, 15) is 10.1 Å². The zero-order valence-electron chi connectivity index (χ0n) is 6.33. The Kier molecular flexibility index (Phi) is 2.25. The van der Waals surface area contributed by atoms with E-state index in [1.165, 1.54) is 0 Å². The lowest BCUT2D eigenvalue weighted by atomic mass is 10.2. The second-order valence-corrected chi connectivity index (χ2v) is 2.36. The quantitative estimate of drug-likeness (QED) is 0.533. The molecule has 0 saturated carbocycles. The molecule has 0 saturated heterocycles. The molecule has 0 spiro atoms. The number of aromatic nitrogens is 1. The zero-order chi connectivity index (χ0) is 8.27. The predicted octanol–water partition coefficient (Wildman–Crippen LogP) is 1.88. The van der Waals surface area contributed by atoms with Gasteiger partial charge in [0, 0.05) is 5.56 Å². The minimum absolute atomic E-state index is 0.131. The Morgan fingerprint density at radius 2 is 2.45 bits per heavy atom. The molecule has 0 aliphatic heterocycles. The molecule has 4 heteroatoms. The summed E-state index contributed by atoms with van der Waals surface area (Å²) in [6.07, 6.45) is 3.29. The minimum Gasteiger partial charge on any atom is -0.358 e. The summed E-state index contributed by atoms with van der Waals surface area (Å²) in [5.41, 5.74) is 0.789. The largest absolute Gasteiger partial charge is 0.358 e. The fraction of sp³-hybridized carbons (Fsp3) is 0.429. The smallest absolute Gasteiger partial charge is 0.324 e. The van der Waals surface area contributed by atoms with Crippen LogP contribution in [0.3, 0.4) is 0 Å². The van der Waals surface area contributed by atoms with Gasteiger partial charge in [0.05, 0.1) is 6.20 Å². The Hall–Kier alpha value is -1.32. The monoisotopic (exact) mass is 154 g/mol. The summed E-state index contributed by atoms with van der Waals surface area (Å²) in [6.45, 7) is 2.00. The van der Waals surface area contributed by atoms with Crippen molar-refractivity contribution in [2.24, 2.45) is 0 Å². The van der Waals surface area contributed by atoms with Gasteiger partial charge in [-0.1, -0.05) is 13.3 Å². The van der Waals surface area contributed by atoms with Crippen LogP contribution in [0.2, 0.25) is 0 Å². The molecule has 0 unspecified atom stereocenters. The lowest BCUT2D eigenvalue weighted by Gasteiger charge is -1.94. The lowest BCUT2D eigenvalue weighted by Crippen LogP contribution is -1.92. The van der Waals surface area contributed by atoms with Crippen LogP contribution in [0.15, 0.2) is 12.3 Å². The van der Waals surface area contributed by atoms with E-state index < -0.39 is 0 Å². The standard InChI is InChI=1S/C7H10N2O2/c1-2-3-6-4-5-8-7(6)9(10)11/h4-5,8H,2-3H2,1H3. The molecule has 0 fully saturated rings. The Bertz CT molecular complexity index is 255. The fourth-order valence-electron chi connectivity index (χ4n) is 1.03. The predicted molar refractivity (Wildman–Crippen MR) is 41.4 cm³/mol. The van der Waals surface area contributed by atoms with E-state index in [0.717, 1.165) is 18.4 Å². The molecule has 0 radical (unpaired) electrons. The van der Waals surface area contributed by atoms with Gasteiger partial charge in [-0.25, -0.2) is 4.98 Å². The van der Waals surface area contributed by atoms with Crippen LogP contribution in [0.4, 0.5) is 5.82 Å². The molecule has 1 N–H and O–H groups in total. The summed E-state index contributed by atoms with van der Waals surface area (Å²) in [6, 6.07) is 1.75. The Labute approximate surface area is 64.4 Å². The minimum atomic E-state index is -0.384. The molecular formula is C7H10N2O2. The Morgan fingerprint density at radius 3 is 3.00 bits per heavy atom. The second-order valence-electron chi connectivity index (χ2n) is 2.36. The van der Waals surface area contributed by atoms with Crippen LogP contribution in [-0.4, -0.2) is 9.91 Å². The number of aromatic amines is 1. The second kappa shape index (κ2) is 3.18. The molecule has 1 heterocycles. The van der Waals surface area contributed by atoms with E-state index in [1.54, 1.807) is 12.3 Å². The van der Waals surface area contributed by atoms with Crippen molar-refractivity contribution in [2.75, 3.05) is 0 Å². The van der Waals surface area contributed by atoms with E-state index in [0.29, 0.717) is 0 Å². The average Bonchev–Trinajstić information content (AvgIpc) is 2.36. The highest BCUT2D eigenvalue weighted by Gasteiger charge is 2.10. The molecule has 0 amide bonds. The third kappa shape index (κ3) is 1.58. The summed E-state index contributed by atoms with van der Waals surface area (Å²) in [4.78, 5) is 12.5. The maximum atomic E-state index is 10.3. The van der Waals surface area contributed by atoms with Gasteiger partial charge in [-0.3, -0.25) is 0 Å². The topological polar surface area (TPSA) is 58.9 Å². The van der Waals surface area contributed by atoms with Crippen molar-refractivity contribution in [1.29, 1.82) is 0 Å². The number of nitrogens with one attached hydrogen (secondary N) is 1. The van der Waals surface area contributed by atoms with Crippen molar-refractivity contribution in [3.63, 3.8) is 0 Å². The van der Waals surface area contributed by atoms with Gasteiger partial charge in [-0.15, -0.1) is 0 Å². The number of rotatable bonds is 3. The third-order valence-electron chi connectivity index (χ3n) is 1.51. The summed E-state index contributed by atoms with van der Waals surface area (Å²) < 4.78 is 0. The number of hydrogen-bond acceptors (Lipinski definition) is 2. The molecule has 0 aliphatic carbocycles. The van der Waals surface area contributed by atoms with Gasteiger partial charge < -0.3 is 10.1 Å². The zero-order valence-corrected chi connectivity index (χ0v) is 6.33. The molecule has 0 aliphatic rings. The highest BCUT2D eigenvalue weighted by atomic mass is 16.6. The molecule has 1 aromatic rings. The van der Waals surface area contributed by atoms with Crippen molar-refractivity contribution in [3.8, 4) is 0 Å². The number of hydrogen-bond donors (Lipinski definition) is 1. The van der Waals surface area contributed by atoms with Gasteiger partial charge >= 0.3 is 5.82 Å². The van der Waals surface area contributed by atoms with Crippen LogP contribution >= 0.6 is 0 Å². The van der Waals surface area contributed by atoms with E-state index in [2.05, 4.69) is 4.98 Å². The van der Waals surface area contributed by atoms with Crippen molar-refractivity contribution in [2.45, 2.75) is 19.8 Å². The first-order chi connectivity index (χ1) is 5.25. The molecule has 4 nitrogen and oxygen atoms in total. The van der Waals surface area contributed by atoms with Crippen molar-refractivity contribution >= 4 is 5.82 Å². The van der Waals surface area contributed by atoms with Gasteiger partial charge in [0.1, 0.15) is 0 Å². The molecule has 1 aromatic heterocycles. The highest BCUT2D eigenvalue weighted by Crippen LogP contribution is 2.16. The van der Waals surface area contributed by atoms with Crippen LogP contribution in [0.1, 0.15) is 18.9 Å². The molecule has 0 bridgehead atoms. The third-order valence-corrected chi connectivity index (χ3v) is 1.51. The van der Waals surface area contributed by atoms with E-state index in [-0.39, 0.29) is 10.7 Å². The average molecular weight is 154 g/mol. The molecule has 0 atom stereocenters. The van der Waals surface area contributed by atoms with Crippen molar-refractivity contribution < 1.29 is 4.92 Å². The Morgan fingerprint density at radius 1 is 1.73 bits per heavy atom. The number of nitro groups is 1. The van der Waals surface area contributed by atoms with Crippen molar-refractivity contribution in [3.05, 3.63) is 27.9 Å². The normalized spacial score (nSPS) is 9.91. The molecule has 11 heavy (non-hydrogen) atoms. The van der Waals surface area contributed by atoms with Crippen LogP contribution in [0, 0.1) is 10.1 Å². The van der Waals surface area contributed by atoms with Crippen LogP contribution in [-0.2, 0) is 6.42 Å². The SMILES string of the molecule is CCCc1cc[nH]c1[N+](=O)[O-]. The first-order valence-corrected chi connectivity index (χ1v) is 3.56. The molecule has 0 aromatic carbocycles. The number of H-pyrrole nitrogens is 1. The maximum Gasteiger partial charge on any atom is 0.324 e. The molecule has 60 valence electrons. The summed E-state index contributed by atoms with van der Waals surface area (Å²) in [5.74, 6) is 0.131. The van der Waals surface area contributed by atoms with Crippen LogP contribution in [0.25, 0.3) is 0 Å². The summed E-state index contributed by atoms with van der Waals surface area (Å²) >= 11 is 0. The Balaban J connectivity index is 2.87. The van der Waals surface area contributed by atoms with Gasteiger partial charge in [-0.05, 0) is 17.4 Å². The van der Waals surface area contributed by atoms with Crippen LogP contribution < -0.4 is 0 Å². The van der Waals surface area contributed by atoms with Crippen molar-refractivity contribution in [1.82, 2.24) is 4.98 Å². The first-order valence-electron chi connectivity index (χ1n) is 3.56. The molecular weight excluding hydrogens is 144 g/mol. The highest BCUT2D eigenvalue weighted by molar-refractivity contribution is 5.32.